The Morgan fingerprint density at radius 3 is 2.94 bits per heavy atom. The third-order valence-corrected chi connectivity index (χ3v) is 3.73. The van der Waals surface area contributed by atoms with Gasteiger partial charge in [0, 0.05) is 12.2 Å². The highest BCUT2D eigenvalue weighted by Crippen LogP contribution is 2.20. The molecule has 0 amide bonds. The number of benzene rings is 1. The first-order valence-electron chi connectivity index (χ1n) is 5.31. The fourth-order valence-electron chi connectivity index (χ4n) is 1.41. The van der Waals surface area contributed by atoms with Crippen molar-refractivity contribution in [2.45, 2.75) is 0 Å². The molecule has 18 heavy (non-hydrogen) atoms. The highest BCUT2D eigenvalue weighted by atomic mass is 32.2. The van der Waals surface area contributed by atoms with Gasteiger partial charge >= 0.3 is 0 Å². The zero-order valence-electron chi connectivity index (χ0n) is 9.80. The third kappa shape index (κ3) is 2.90. The van der Waals surface area contributed by atoms with E-state index >= 15 is 0 Å². The second-order valence-corrected chi connectivity index (χ2v) is 5.74. The van der Waals surface area contributed by atoms with Crippen LogP contribution in [0.4, 0.5) is 11.7 Å². The molecule has 2 rings (SSSR count). The van der Waals surface area contributed by atoms with Crippen molar-refractivity contribution in [3.63, 3.8) is 0 Å². The zero-order valence-corrected chi connectivity index (χ0v) is 10.6. The topological polar surface area (TPSA) is 110 Å². The summed E-state index contributed by atoms with van der Waals surface area (Å²) in [5, 5.41) is 2.81. The smallest absolute Gasteiger partial charge is 0.295 e. The highest BCUT2D eigenvalue weighted by Gasteiger charge is 2.09. The van der Waals surface area contributed by atoms with Crippen LogP contribution in [0.3, 0.4) is 0 Å². The Bertz CT molecular complexity index is 650. The summed E-state index contributed by atoms with van der Waals surface area (Å²) >= 11 is 0. The van der Waals surface area contributed by atoms with E-state index in [1.54, 1.807) is 18.2 Å². The fourth-order valence-corrected chi connectivity index (χ4v) is 1.99. The lowest BCUT2D eigenvalue weighted by molar-refractivity contribution is 0.587. The minimum atomic E-state index is -3.23. The second-order valence-electron chi connectivity index (χ2n) is 3.70. The van der Waals surface area contributed by atoms with Gasteiger partial charge in [0.15, 0.2) is 5.58 Å². The normalized spacial score (nSPS) is 11.8. The molecule has 98 valence electrons. The number of rotatable bonds is 5. The maximum Gasteiger partial charge on any atom is 0.295 e. The summed E-state index contributed by atoms with van der Waals surface area (Å²) in [6.07, 6.45) is 0. The van der Waals surface area contributed by atoms with E-state index in [0.29, 0.717) is 16.8 Å². The maximum absolute atomic E-state index is 11.2. The van der Waals surface area contributed by atoms with Crippen LogP contribution in [0.5, 0.6) is 0 Å². The van der Waals surface area contributed by atoms with E-state index in [2.05, 4.69) is 15.0 Å². The van der Waals surface area contributed by atoms with Crippen LogP contribution in [-0.2, 0) is 10.0 Å². The van der Waals surface area contributed by atoms with Crippen LogP contribution in [0, 0.1) is 0 Å². The van der Waals surface area contributed by atoms with Gasteiger partial charge in [-0.15, -0.1) is 0 Å². The summed E-state index contributed by atoms with van der Waals surface area (Å²) in [7, 11) is -1.86. The first-order valence-corrected chi connectivity index (χ1v) is 6.96. The fraction of sp³-hybridized carbons (Fsp3) is 0.300. The minimum absolute atomic E-state index is 0.0512. The van der Waals surface area contributed by atoms with Crippen LogP contribution in [-0.4, -0.2) is 32.7 Å². The van der Waals surface area contributed by atoms with Gasteiger partial charge in [0.05, 0.1) is 5.75 Å². The second kappa shape index (κ2) is 4.83. The Morgan fingerprint density at radius 2 is 2.22 bits per heavy atom. The molecule has 8 heteroatoms. The molecule has 0 unspecified atom stereocenters. The Morgan fingerprint density at radius 1 is 1.44 bits per heavy atom. The van der Waals surface area contributed by atoms with Gasteiger partial charge in [0.1, 0.15) is 5.52 Å². The average Bonchev–Trinajstić information content (AvgIpc) is 2.70. The molecule has 0 radical (unpaired) electrons. The van der Waals surface area contributed by atoms with Gasteiger partial charge in [-0.05, 0) is 25.2 Å². The van der Waals surface area contributed by atoms with Crippen molar-refractivity contribution >= 4 is 32.8 Å². The molecule has 0 aliphatic heterocycles. The number of anilines is 2. The Labute approximate surface area is 104 Å². The van der Waals surface area contributed by atoms with Crippen molar-refractivity contribution in [1.82, 2.24) is 9.71 Å². The summed E-state index contributed by atoms with van der Waals surface area (Å²) in [5.74, 6) is -0.0512. The predicted octanol–water partition coefficient (Wildman–Crippen LogP) is 0.371. The van der Waals surface area contributed by atoms with E-state index in [9.17, 15) is 8.42 Å². The van der Waals surface area contributed by atoms with Crippen molar-refractivity contribution in [3.05, 3.63) is 18.2 Å². The number of nitrogens with two attached hydrogens (primary N) is 1. The van der Waals surface area contributed by atoms with E-state index in [4.69, 9.17) is 10.2 Å². The Kier molecular flexibility index (Phi) is 3.39. The molecule has 4 N–H and O–H groups in total. The lowest BCUT2D eigenvalue weighted by Crippen LogP contribution is -2.26. The molecule has 0 spiro atoms. The number of aromatic nitrogens is 1. The van der Waals surface area contributed by atoms with Crippen LogP contribution >= 0.6 is 0 Å². The van der Waals surface area contributed by atoms with E-state index < -0.39 is 10.0 Å². The van der Waals surface area contributed by atoms with Crippen LogP contribution < -0.4 is 15.8 Å². The monoisotopic (exact) mass is 270 g/mol. The lowest BCUT2D eigenvalue weighted by Gasteiger charge is -2.02. The minimum Gasteiger partial charge on any atom is -0.424 e. The van der Waals surface area contributed by atoms with E-state index in [0.717, 1.165) is 0 Å². The van der Waals surface area contributed by atoms with Gasteiger partial charge in [-0.3, -0.25) is 0 Å². The molecular weight excluding hydrogens is 256 g/mol. The number of hydrogen-bond acceptors (Lipinski definition) is 6. The number of oxazole rings is 1. The molecule has 0 atom stereocenters. The SMILES string of the molecule is CNS(=O)(=O)CCNc1nc2cc(N)ccc2o1. The molecular formula is C10H14N4O3S. The van der Waals surface area contributed by atoms with Crippen molar-refractivity contribution < 1.29 is 12.8 Å². The van der Waals surface area contributed by atoms with Gasteiger partial charge in [-0.2, -0.15) is 4.98 Å². The maximum atomic E-state index is 11.2. The standard InChI is InChI=1S/C10H14N4O3S/c1-12-18(15,16)5-4-13-10-14-8-6-7(11)2-3-9(8)17-10/h2-3,6,12H,4-5,11H2,1H3,(H,13,14). The van der Waals surface area contributed by atoms with Crippen molar-refractivity contribution in [2.24, 2.45) is 0 Å². The molecule has 0 aliphatic rings. The molecule has 0 fully saturated rings. The van der Waals surface area contributed by atoms with E-state index in [1.807, 2.05) is 0 Å². The number of fused-ring (bicyclic) bond motifs is 1. The van der Waals surface area contributed by atoms with E-state index in [1.165, 1.54) is 7.05 Å². The number of nitrogens with one attached hydrogen (secondary N) is 2. The molecule has 0 aliphatic carbocycles. The number of sulfonamides is 1. The third-order valence-electron chi connectivity index (χ3n) is 2.37. The van der Waals surface area contributed by atoms with Gasteiger partial charge in [-0.1, -0.05) is 0 Å². The molecule has 1 aromatic heterocycles. The summed E-state index contributed by atoms with van der Waals surface area (Å²) in [6.45, 7) is 0.214. The van der Waals surface area contributed by atoms with Crippen molar-refractivity contribution in [1.29, 1.82) is 0 Å². The number of nitrogens with zero attached hydrogens (tertiary/aromatic N) is 1. The van der Waals surface area contributed by atoms with Gasteiger partial charge in [-0.25, -0.2) is 13.1 Å². The first-order chi connectivity index (χ1) is 8.50. The largest absolute Gasteiger partial charge is 0.424 e. The van der Waals surface area contributed by atoms with Crippen LogP contribution in [0.15, 0.2) is 22.6 Å². The lowest BCUT2D eigenvalue weighted by atomic mass is 10.3. The Hall–Kier alpha value is -1.80. The Balaban J connectivity index is 2.04. The van der Waals surface area contributed by atoms with Gasteiger partial charge in [0.25, 0.3) is 6.01 Å². The van der Waals surface area contributed by atoms with Gasteiger partial charge < -0.3 is 15.5 Å². The highest BCUT2D eigenvalue weighted by molar-refractivity contribution is 7.89. The summed E-state index contributed by atoms with van der Waals surface area (Å²) in [4.78, 5) is 4.15. The molecule has 2 aromatic rings. The molecule has 1 aromatic carbocycles. The quantitative estimate of drug-likeness (QED) is 0.677. The first kappa shape index (κ1) is 12.7. The predicted molar refractivity (Wildman–Crippen MR) is 69.8 cm³/mol. The van der Waals surface area contributed by atoms with Crippen LogP contribution in [0.1, 0.15) is 0 Å². The van der Waals surface area contributed by atoms with E-state index in [-0.39, 0.29) is 18.3 Å². The van der Waals surface area contributed by atoms with Crippen LogP contribution in [0.25, 0.3) is 11.1 Å². The van der Waals surface area contributed by atoms with Crippen molar-refractivity contribution in [3.8, 4) is 0 Å². The molecule has 1 heterocycles. The number of hydrogen-bond donors (Lipinski definition) is 3. The van der Waals surface area contributed by atoms with Crippen molar-refractivity contribution in [2.75, 3.05) is 30.4 Å². The molecule has 0 saturated heterocycles. The molecule has 0 bridgehead atoms. The summed E-state index contributed by atoms with van der Waals surface area (Å²) in [5.41, 5.74) is 7.45. The molecule has 0 saturated carbocycles. The number of nitrogen functional groups attached to an aromatic ring is 1. The van der Waals surface area contributed by atoms with Crippen LogP contribution in [0.2, 0.25) is 0 Å². The average molecular weight is 270 g/mol. The molecule has 7 nitrogen and oxygen atoms in total. The summed E-state index contributed by atoms with van der Waals surface area (Å²) in [6, 6.07) is 5.39. The summed E-state index contributed by atoms with van der Waals surface area (Å²) < 4.78 is 30.0. The zero-order chi connectivity index (χ0) is 13.2. The van der Waals surface area contributed by atoms with Gasteiger partial charge in [0.2, 0.25) is 10.0 Å².